The second kappa shape index (κ2) is 8.54. The lowest BCUT2D eigenvalue weighted by Gasteiger charge is -2.26. The summed E-state index contributed by atoms with van der Waals surface area (Å²) in [6.45, 7) is 4.19. The number of rotatable bonds is 6. The van der Waals surface area contributed by atoms with Crippen LogP contribution in [0.5, 0.6) is 0 Å². The molecule has 0 radical (unpaired) electrons. The smallest absolute Gasteiger partial charge is 0.305 e. The summed E-state index contributed by atoms with van der Waals surface area (Å²) >= 11 is 0. The number of nitrogens with zero attached hydrogens (tertiary/aromatic N) is 1. The standard InChI is InChI=1S/C24H25NO2/c1-18-4-11-21(12-5-18)25(22-13-6-19(2)7-14-22)23-15-8-20(9-16-23)10-17-24(26)27-3/h4-9,11-16H,10,17H2,1-3H3. The first-order valence-electron chi connectivity index (χ1n) is 9.16. The van der Waals surface area contributed by atoms with Crippen molar-refractivity contribution in [1.82, 2.24) is 0 Å². The van der Waals surface area contributed by atoms with Crippen molar-refractivity contribution in [2.45, 2.75) is 26.7 Å². The Kier molecular flexibility index (Phi) is 5.92. The van der Waals surface area contributed by atoms with Crippen LogP contribution in [0.1, 0.15) is 23.1 Å². The summed E-state index contributed by atoms with van der Waals surface area (Å²) < 4.78 is 4.72. The third kappa shape index (κ3) is 4.76. The van der Waals surface area contributed by atoms with Gasteiger partial charge in [0.25, 0.3) is 0 Å². The fourth-order valence-corrected chi connectivity index (χ4v) is 3.00. The van der Waals surface area contributed by atoms with Crippen molar-refractivity contribution >= 4 is 23.0 Å². The number of esters is 1. The van der Waals surface area contributed by atoms with E-state index < -0.39 is 0 Å². The van der Waals surface area contributed by atoms with E-state index in [2.05, 4.69) is 91.5 Å². The first-order chi connectivity index (χ1) is 13.1. The van der Waals surface area contributed by atoms with Crippen molar-refractivity contribution in [3.05, 3.63) is 89.5 Å². The maximum atomic E-state index is 11.4. The van der Waals surface area contributed by atoms with Gasteiger partial charge in [-0.15, -0.1) is 0 Å². The average molecular weight is 359 g/mol. The van der Waals surface area contributed by atoms with E-state index >= 15 is 0 Å². The van der Waals surface area contributed by atoms with Gasteiger partial charge >= 0.3 is 5.97 Å². The molecule has 0 N–H and O–H groups in total. The number of carbonyl (C=O) groups excluding carboxylic acids is 1. The van der Waals surface area contributed by atoms with Gasteiger partial charge in [-0.05, 0) is 62.2 Å². The van der Waals surface area contributed by atoms with Crippen LogP contribution in [0.15, 0.2) is 72.8 Å². The fraction of sp³-hybridized carbons (Fsp3) is 0.208. The van der Waals surface area contributed by atoms with Gasteiger partial charge in [0.05, 0.1) is 7.11 Å². The molecule has 0 bridgehead atoms. The van der Waals surface area contributed by atoms with Gasteiger partial charge in [-0.2, -0.15) is 0 Å². The highest BCUT2D eigenvalue weighted by Gasteiger charge is 2.12. The second-order valence-electron chi connectivity index (χ2n) is 6.75. The van der Waals surface area contributed by atoms with Crippen molar-refractivity contribution in [3.8, 4) is 0 Å². The number of ether oxygens (including phenoxy) is 1. The van der Waals surface area contributed by atoms with Gasteiger partial charge in [-0.3, -0.25) is 4.79 Å². The van der Waals surface area contributed by atoms with E-state index in [0.717, 1.165) is 22.6 Å². The number of aryl methyl sites for hydroxylation is 3. The molecule has 3 heteroatoms. The number of benzene rings is 3. The Bertz CT molecular complexity index is 836. The van der Waals surface area contributed by atoms with Crippen molar-refractivity contribution < 1.29 is 9.53 Å². The Balaban J connectivity index is 1.91. The molecule has 0 aliphatic heterocycles. The normalized spacial score (nSPS) is 10.5. The Hall–Kier alpha value is -3.07. The van der Waals surface area contributed by atoms with Crippen LogP contribution >= 0.6 is 0 Å². The molecule has 0 saturated heterocycles. The minimum Gasteiger partial charge on any atom is -0.469 e. The van der Waals surface area contributed by atoms with E-state index in [1.54, 1.807) is 0 Å². The van der Waals surface area contributed by atoms with Gasteiger partial charge in [0, 0.05) is 23.5 Å². The lowest BCUT2D eigenvalue weighted by molar-refractivity contribution is -0.140. The van der Waals surface area contributed by atoms with Crippen LogP contribution in [-0.2, 0) is 16.0 Å². The zero-order valence-corrected chi connectivity index (χ0v) is 16.1. The van der Waals surface area contributed by atoms with Crippen molar-refractivity contribution in [2.75, 3.05) is 12.0 Å². The third-order valence-electron chi connectivity index (χ3n) is 4.62. The molecule has 0 atom stereocenters. The molecular weight excluding hydrogens is 334 g/mol. The van der Waals surface area contributed by atoms with E-state index in [0.29, 0.717) is 12.8 Å². The van der Waals surface area contributed by atoms with Gasteiger partial charge in [-0.25, -0.2) is 0 Å². The van der Waals surface area contributed by atoms with Crippen LogP contribution in [0, 0.1) is 13.8 Å². The number of hydrogen-bond donors (Lipinski definition) is 0. The van der Waals surface area contributed by atoms with Gasteiger partial charge in [0.2, 0.25) is 0 Å². The topological polar surface area (TPSA) is 29.5 Å². The molecule has 27 heavy (non-hydrogen) atoms. The van der Waals surface area contributed by atoms with E-state index in [1.165, 1.54) is 18.2 Å². The predicted molar refractivity (Wildman–Crippen MR) is 111 cm³/mol. The first-order valence-corrected chi connectivity index (χ1v) is 9.16. The minimum absolute atomic E-state index is 0.181. The maximum Gasteiger partial charge on any atom is 0.305 e. The van der Waals surface area contributed by atoms with Crippen LogP contribution in [-0.4, -0.2) is 13.1 Å². The fourth-order valence-electron chi connectivity index (χ4n) is 3.00. The molecule has 0 spiro atoms. The highest BCUT2D eigenvalue weighted by Crippen LogP contribution is 2.34. The molecule has 3 aromatic carbocycles. The van der Waals surface area contributed by atoms with E-state index in [4.69, 9.17) is 4.74 Å². The van der Waals surface area contributed by atoms with Crippen LogP contribution in [0.4, 0.5) is 17.1 Å². The molecule has 0 saturated carbocycles. The Morgan fingerprint density at radius 1 is 0.741 bits per heavy atom. The lowest BCUT2D eigenvalue weighted by Crippen LogP contribution is -2.10. The average Bonchev–Trinajstić information content (AvgIpc) is 2.70. The molecule has 3 nitrogen and oxygen atoms in total. The molecule has 0 fully saturated rings. The largest absolute Gasteiger partial charge is 0.469 e. The SMILES string of the molecule is COC(=O)CCc1ccc(N(c2ccc(C)cc2)c2ccc(C)cc2)cc1. The predicted octanol–water partition coefficient (Wildman–Crippen LogP) is 5.88. The van der Waals surface area contributed by atoms with Gasteiger partial charge in [0.15, 0.2) is 0 Å². The number of methoxy groups -OCH3 is 1. The van der Waals surface area contributed by atoms with Crippen LogP contribution in [0.2, 0.25) is 0 Å². The van der Waals surface area contributed by atoms with Gasteiger partial charge in [0.1, 0.15) is 0 Å². The second-order valence-corrected chi connectivity index (χ2v) is 6.75. The summed E-state index contributed by atoms with van der Waals surface area (Å²) in [7, 11) is 1.42. The molecular formula is C24H25NO2. The van der Waals surface area contributed by atoms with Crippen molar-refractivity contribution in [1.29, 1.82) is 0 Å². The first kappa shape index (κ1) is 18.7. The zero-order valence-electron chi connectivity index (χ0n) is 16.1. The maximum absolute atomic E-state index is 11.4. The summed E-state index contributed by atoms with van der Waals surface area (Å²) in [6.07, 6.45) is 1.08. The summed E-state index contributed by atoms with van der Waals surface area (Å²) in [5.74, 6) is -0.181. The van der Waals surface area contributed by atoms with E-state index in [1.807, 2.05) is 0 Å². The molecule has 0 amide bonds. The summed E-state index contributed by atoms with van der Waals surface area (Å²) in [6, 6.07) is 25.4. The van der Waals surface area contributed by atoms with E-state index in [9.17, 15) is 4.79 Å². The zero-order chi connectivity index (χ0) is 19.2. The van der Waals surface area contributed by atoms with Gasteiger partial charge in [-0.1, -0.05) is 47.5 Å². The van der Waals surface area contributed by atoms with Crippen molar-refractivity contribution in [3.63, 3.8) is 0 Å². The molecule has 0 aliphatic carbocycles. The third-order valence-corrected chi connectivity index (χ3v) is 4.62. The minimum atomic E-state index is -0.181. The highest BCUT2D eigenvalue weighted by atomic mass is 16.5. The summed E-state index contributed by atoms with van der Waals surface area (Å²) in [5, 5.41) is 0. The molecule has 3 rings (SSSR count). The van der Waals surface area contributed by atoms with Crippen LogP contribution in [0.3, 0.4) is 0 Å². The molecule has 0 aliphatic rings. The molecule has 0 aromatic heterocycles. The molecule has 138 valence electrons. The number of hydrogen-bond acceptors (Lipinski definition) is 3. The van der Waals surface area contributed by atoms with Crippen LogP contribution < -0.4 is 4.90 Å². The Morgan fingerprint density at radius 3 is 1.56 bits per heavy atom. The lowest BCUT2D eigenvalue weighted by atomic mass is 10.1. The monoisotopic (exact) mass is 359 g/mol. The summed E-state index contributed by atoms with van der Waals surface area (Å²) in [4.78, 5) is 13.6. The Morgan fingerprint density at radius 2 is 1.15 bits per heavy atom. The van der Waals surface area contributed by atoms with Crippen molar-refractivity contribution in [2.24, 2.45) is 0 Å². The number of anilines is 3. The van der Waals surface area contributed by atoms with Crippen LogP contribution in [0.25, 0.3) is 0 Å². The molecule has 0 heterocycles. The highest BCUT2D eigenvalue weighted by molar-refractivity contribution is 5.76. The summed E-state index contributed by atoms with van der Waals surface area (Å²) in [5.41, 5.74) is 6.92. The molecule has 0 unspecified atom stereocenters. The van der Waals surface area contributed by atoms with Gasteiger partial charge < -0.3 is 9.64 Å². The quantitative estimate of drug-likeness (QED) is 0.515. The number of carbonyl (C=O) groups is 1. The Labute approximate surface area is 161 Å². The molecule has 3 aromatic rings. The van der Waals surface area contributed by atoms with E-state index in [-0.39, 0.29) is 5.97 Å².